The highest BCUT2D eigenvalue weighted by molar-refractivity contribution is 9.10. The van der Waals surface area contributed by atoms with Crippen molar-refractivity contribution in [2.45, 2.75) is 0 Å². The van der Waals surface area contributed by atoms with Crippen LogP contribution in [0.1, 0.15) is 20.7 Å². The van der Waals surface area contributed by atoms with Crippen LogP contribution in [-0.2, 0) is 0 Å². The summed E-state index contributed by atoms with van der Waals surface area (Å²) in [6.45, 7) is 0. The Morgan fingerprint density at radius 1 is 0.905 bits per heavy atom. The average Bonchev–Trinajstić information content (AvgIpc) is 2.47. The van der Waals surface area contributed by atoms with Crippen LogP contribution in [0, 0.1) is 0 Å². The molecule has 2 aromatic carbocycles. The normalized spacial score (nSPS) is 10.0. The lowest BCUT2D eigenvalue weighted by Gasteiger charge is -2.11. The molecular weight excluding hydrogens is 332 g/mol. The van der Waals surface area contributed by atoms with E-state index in [1.165, 1.54) is 4.90 Å². The monoisotopic (exact) mass is 346 g/mol. The second kappa shape index (κ2) is 6.54. The molecule has 2 amide bonds. The van der Waals surface area contributed by atoms with Gasteiger partial charge in [0.05, 0.1) is 0 Å². The van der Waals surface area contributed by atoms with Crippen LogP contribution in [0.2, 0.25) is 0 Å². The lowest BCUT2D eigenvalue weighted by Crippen LogP contribution is -2.21. The number of carbonyl (C=O) groups is 2. The highest BCUT2D eigenvalue weighted by Gasteiger charge is 2.09. The summed E-state index contributed by atoms with van der Waals surface area (Å²) in [5.41, 5.74) is 1.81. The van der Waals surface area contributed by atoms with Gasteiger partial charge in [0, 0.05) is 35.4 Å². The summed E-state index contributed by atoms with van der Waals surface area (Å²) >= 11 is 3.33. The van der Waals surface area contributed by atoms with Gasteiger partial charge in [-0.2, -0.15) is 0 Å². The average molecular weight is 347 g/mol. The van der Waals surface area contributed by atoms with Crippen LogP contribution in [0.15, 0.2) is 53.0 Å². The molecule has 0 spiro atoms. The van der Waals surface area contributed by atoms with Crippen molar-refractivity contribution in [1.29, 1.82) is 0 Å². The maximum atomic E-state index is 12.1. The molecule has 0 saturated carbocycles. The number of halogens is 1. The van der Waals surface area contributed by atoms with Gasteiger partial charge in [0.1, 0.15) is 0 Å². The molecule has 0 aromatic heterocycles. The van der Waals surface area contributed by atoms with E-state index in [1.54, 1.807) is 50.5 Å². The summed E-state index contributed by atoms with van der Waals surface area (Å²) in [6.07, 6.45) is 0. The van der Waals surface area contributed by atoms with E-state index < -0.39 is 0 Å². The van der Waals surface area contributed by atoms with Gasteiger partial charge in [-0.25, -0.2) is 0 Å². The Balaban J connectivity index is 2.08. The molecular formula is C16H15BrN2O2. The van der Waals surface area contributed by atoms with Crippen LogP contribution < -0.4 is 5.32 Å². The fraction of sp³-hybridized carbons (Fsp3) is 0.125. The van der Waals surface area contributed by atoms with Crippen LogP contribution in [-0.4, -0.2) is 30.8 Å². The van der Waals surface area contributed by atoms with Crippen LogP contribution >= 0.6 is 15.9 Å². The van der Waals surface area contributed by atoms with Crippen molar-refractivity contribution in [1.82, 2.24) is 4.90 Å². The van der Waals surface area contributed by atoms with Gasteiger partial charge in [-0.3, -0.25) is 9.59 Å². The summed E-state index contributed by atoms with van der Waals surface area (Å²) in [7, 11) is 3.40. The largest absolute Gasteiger partial charge is 0.345 e. The lowest BCUT2D eigenvalue weighted by atomic mass is 10.1. The molecule has 0 aliphatic carbocycles. The van der Waals surface area contributed by atoms with E-state index >= 15 is 0 Å². The van der Waals surface area contributed by atoms with E-state index in [0.717, 1.165) is 4.47 Å². The van der Waals surface area contributed by atoms with Crippen molar-refractivity contribution in [3.05, 3.63) is 64.1 Å². The molecule has 1 N–H and O–H groups in total. The van der Waals surface area contributed by atoms with E-state index in [4.69, 9.17) is 0 Å². The van der Waals surface area contributed by atoms with E-state index in [1.807, 2.05) is 12.1 Å². The maximum Gasteiger partial charge on any atom is 0.255 e. The standard InChI is InChI=1S/C16H15BrN2O2/c1-19(2)16(21)12-5-9-14(10-6-12)18-15(20)11-3-7-13(17)8-4-11/h3-10H,1-2H3,(H,18,20). The van der Waals surface area contributed by atoms with Gasteiger partial charge >= 0.3 is 0 Å². The maximum absolute atomic E-state index is 12.1. The minimum atomic E-state index is -0.186. The number of rotatable bonds is 3. The quantitative estimate of drug-likeness (QED) is 0.925. The molecule has 0 atom stereocenters. The molecule has 0 aliphatic rings. The molecule has 2 rings (SSSR count). The van der Waals surface area contributed by atoms with E-state index in [-0.39, 0.29) is 11.8 Å². The molecule has 108 valence electrons. The van der Waals surface area contributed by atoms with Crippen molar-refractivity contribution in [3.63, 3.8) is 0 Å². The number of nitrogens with zero attached hydrogens (tertiary/aromatic N) is 1. The van der Waals surface area contributed by atoms with Crippen LogP contribution in [0.5, 0.6) is 0 Å². The predicted molar refractivity (Wildman–Crippen MR) is 86.6 cm³/mol. The first-order valence-corrected chi connectivity index (χ1v) is 7.15. The molecule has 4 nitrogen and oxygen atoms in total. The fourth-order valence-electron chi connectivity index (χ4n) is 1.76. The summed E-state index contributed by atoms with van der Waals surface area (Å²) in [6, 6.07) is 13.9. The van der Waals surface area contributed by atoms with E-state index in [0.29, 0.717) is 16.8 Å². The number of benzene rings is 2. The molecule has 5 heteroatoms. The van der Waals surface area contributed by atoms with Gasteiger partial charge in [0.2, 0.25) is 0 Å². The predicted octanol–water partition coefficient (Wildman–Crippen LogP) is 3.40. The Labute approximate surface area is 131 Å². The summed E-state index contributed by atoms with van der Waals surface area (Å²) in [5.74, 6) is -0.255. The number of nitrogens with one attached hydrogen (secondary N) is 1. The number of amides is 2. The highest BCUT2D eigenvalue weighted by atomic mass is 79.9. The molecule has 21 heavy (non-hydrogen) atoms. The number of anilines is 1. The van der Waals surface area contributed by atoms with Crippen molar-refractivity contribution in [2.75, 3.05) is 19.4 Å². The zero-order chi connectivity index (χ0) is 15.4. The minimum absolute atomic E-state index is 0.0687. The smallest absolute Gasteiger partial charge is 0.255 e. The third kappa shape index (κ3) is 3.92. The molecule has 0 saturated heterocycles. The minimum Gasteiger partial charge on any atom is -0.345 e. The summed E-state index contributed by atoms with van der Waals surface area (Å²) in [5, 5.41) is 2.79. The second-order valence-electron chi connectivity index (χ2n) is 4.74. The Morgan fingerprint density at radius 2 is 1.43 bits per heavy atom. The number of carbonyl (C=O) groups excluding carboxylic acids is 2. The summed E-state index contributed by atoms with van der Waals surface area (Å²) in [4.78, 5) is 25.3. The first kappa shape index (κ1) is 15.3. The molecule has 0 radical (unpaired) electrons. The lowest BCUT2D eigenvalue weighted by molar-refractivity contribution is 0.0827. The molecule has 0 fully saturated rings. The number of hydrogen-bond acceptors (Lipinski definition) is 2. The van der Waals surface area contributed by atoms with E-state index in [9.17, 15) is 9.59 Å². The van der Waals surface area contributed by atoms with Crippen molar-refractivity contribution < 1.29 is 9.59 Å². The van der Waals surface area contributed by atoms with Crippen molar-refractivity contribution in [3.8, 4) is 0 Å². The van der Waals surface area contributed by atoms with Crippen molar-refractivity contribution >= 4 is 33.4 Å². The topological polar surface area (TPSA) is 49.4 Å². The third-order valence-corrected chi connectivity index (χ3v) is 3.43. The summed E-state index contributed by atoms with van der Waals surface area (Å²) < 4.78 is 0.922. The van der Waals surface area contributed by atoms with Gasteiger partial charge < -0.3 is 10.2 Å². The van der Waals surface area contributed by atoms with E-state index in [2.05, 4.69) is 21.2 Å². The molecule has 0 heterocycles. The third-order valence-electron chi connectivity index (χ3n) is 2.90. The molecule has 2 aromatic rings. The van der Waals surface area contributed by atoms with Gasteiger partial charge in [0.15, 0.2) is 0 Å². The first-order chi connectivity index (χ1) is 9.97. The Kier molecular flexibility index (Phi) is 4.75. The fourth-order valence-corrected chi connectivity index (χ4v) is 2.02. The van der Waals surface area contributed by atoms with Crippen LogP contribution in [0.4, 0.5) is 5.69 Å². The zero-order valence-electron chi connectivity index (χ0n) is 11.8. The SMILES string of the molecule is CN(C)C(=O)c1ccc(NC(=O)c2ccc(Br)cc2)cc1. The zero-order valence-corrected chi connectivity index (χ0v) is 13.3. The van der Waals surface area contributed by atoms with Gasteiger partial charge in [0.25, 0.3) is 11.8 Å². The molecule has 0 unspecified atom stereocenters. The second-order valence-corrected chi connectivity index (χ2v) is 5.65. The van der Waals surface area contributed by atoms with Crippen LogP contribution in [0.3, 0.4) is 0 Å². The van der Waals surface area contributed by atoms with Crippen LogP contribution in [0.25, 0.3) is 0 Å². The number of hydrogen-bond donors (Lipinski definition) is 1. The van der Waals surface area contributed by atoms with Gasteiger partial charge in [-0.15, -0.1) is 0 Å². The molecule has 0 bridgehead atoms. The van der Waals surface area contributed by atoms with Gasteiger partial charge in [-0.1, -0.05) is 15.9 Å². The first-order valence-electron chi connectivity index (χ1n) is 6.36. The highest BCUT2D eigenvalue weighted by Crippen LogP contribution is 2.14. The Bertz CT molecular complexity index is 649. The Hall–Kier alpha value is -2.14. The van der Waals surface area contributed by atoms with Crippen molar-refractivity contribution in [2.24, 2.45) is 0 Å². The molecule has 0 aliphatic heterocycles. The van der Waals surface area contributed by atoms with Gasteiger partial charge in [-0.05, 0) is 48.5 Å². The Morgan fingerprint density at radius 3 is 1.95 bits per heavy atom.